The van der Waals surface area contributed by atoms with Gasteiger partial charge in [0, 0.05) is 40.3 Å². The largest absolute Gasteiger partial charge is 0.496 e. The van der Waals surface area contributed by atoms with Crippen molar-refractivity contribution in [1.82, 2.24) is 0 Å². The van der Waals surface area contributed by atoms with Crippen molar-refractivity contribution in [1.29, 1.82) is 0 Å². The van der Waals surface area contributed by atoms with Gasteiger partial charge in [-0.15, -0.1) is 0 Å². The Kier molecular flexibility index (Phi) is 47.6. The molecule has 3 saturated heterocycles. The Labute approximate surface area is 758 Å². The molecule has 0 bridgehead atoms. The zero-order chi connectivity index (χ0) is 94.1. The van der Waals surface area contributed by atoms with E-state index in [4.69, 9.17) is 110 Å². The number of hydrogen-bond donors (Lipinski definition) is 11. The maximum absolute atomic E-state index is 11.9. The van der Waals surface area contributed by atoms with Gasteiger partial charge in [-0.1, -0.05) is 183 Å². The molecule has 30 atom stereocenters. The second kappa shape index (κ2) is 56.8. The van der Waals surface area contributed by atoms with Crippen LogP contribution in [-0.2, 0) is 128 Å². The molecular weight excluding hydrogens is 1690 g/mol. The molecule has 0 spiro atoms. The van der Waals surface area contributed by atoms with Crippen LogP contribution < -0.4 is 0 Å². The molecule has 6 aromatic carbocycles. The number of rotatable bonds is 24. The van der Waals surface area contributed by atoms with Crippen molar-refractivity contribution < 1.29 is 149 Å². The van der Waals surface area contributed by atoms with Crippen molar-refractivity contribution in [3.63, 3.8) is 0 Å². The average molecular weight is 1830 g/mol. The van der Waals surface area contributed by atoms with E-state index >= 15 is 0 Å². The highest BCUT2D eigenvalue weighted by molar-refractivity contribution is 7.86. The van der Waals surface area contributed by atoms with Gasteiger partial charge in [0.2, 0.25) is 0 Å². The minimum atomic E-state index is -3.91. The molecule has 8 aliphatic rings. The summed E-state index contributed by atoms with van der Waals surface area (Å²) < 4.78 is 121. The predicted octanol–water partition coefficient (Wildman–Crippen LogP) is 8.65. The Morgan fingerprint density at radius 2 is 0.651 bits per heavy atom. The van der Waals surface area contributed by atoms with Gasteiger partial charge in [0.25, 0.3) is 10.1 Å². The van der Waals surface area contributed by atoms with Crippen LogP contribution >= 0.6 is 0 Å². The van der Waals surface area contributed by atoms with Gasteiger partial charge in [-0.05, 0) is 126 Å². The minimum Gasteiger partial charge on any atom is -0.496 e. The summed E-state index contributed by atoms with van der Waals surface area (Å²) in [6.45, 7) is 21.2. The first kappa shape index (κ1) is 108. The fourth-order valence-electron chi connectivity index (χ4n) is 14.3. The molecule has 32 heteroatoms. The summed E-state index contributed by atoms with van der Waals surface area (Å²) in [4.78, 5) is 0.0319. The summed E-state index contributed by atoms with van der Waals surface area (Å²) in [5.41, 5.74) is 6.49. The van der Waals surface area contributed by atoms with Gasteiger partial charge in [-0.3, -0.25) is 4.18 Å². The molecule has 8 heterocycles. The van der Waals surface area contributed by atoms with E-state index in [0.717, 1.165) is 27.8 Å². The maximum Gasteiger partial charge on any atom is 0.297 e. The Bertz CT molecular complexity index is 4080. The van der Waals surface area contributed by atoms with Gasteiger partial charge >= 0.3 is 0 Å². The minimum absolute atomic E-state index is 0.00471. The van der Waals surface area contributed by atoms with E-state index in [1.807, 2.05) is 180 Å². The van der Waals surface area contributed by atoms with Gasteiger partial charge in [0.05, 0.1) is 112 Å². The van der Waals surface area contributed by atoms with Crippen molar-refractivity contribution in [2.24, 2.45) is 11.8 Å². The van der Waals surface area contributed by atoms with Crippen LogP contribution in [0.5, 0.6) is 0 Å². The molecule has 31 nitrogen and oxygen atoms in total. The number of benzene rings is 6. The highest BCUT2D eigenvalue weighted by atomic mass is 32.2. The van der Waals surface area contributed by atoms with Crippen molar-refractivity contribution in [2.75, 3.05) is 41.7 Å². The monoisotopic (exact) mass is 1830 g/mol. The van der Waals surface area contributed by atoms with Crippen LogP contribution in [0.2, 0.25) is 0 Å². The molecule has 3 unspecified atom stereocenters. The zero-order valence-corrected chi connectivity index (χ0v) is 76.6. The van der Waals surface area contributed by atoms with Crippen LogP contribution in [0.15, 0.2) is 243 Å². The summed E-state index contributed by atoms with van der Waals surface area (Å²) >= 11 is 0. The van der Waals surface area contributed by atoms with Gasteiger partial charge in [-0.25, -0.2) is 0 Å². The first-order chi connectivity index (χ1) is 61.8. The standard InChI is InChI=1S/C16H24O3.C15H22O4.C14H20O5.C14H18O3.C13H16O6S.C13H16O3.C6H10O4.C6H10O3/c1-11-12(2)19-13(3)16(17-4)15(11)18-10-14-8-6-5-7-9-14;1-10-13(14(17-3)11(2)19-15(10)16)18-9-12-7-5-4-6-8-12;1-9-12(17-2)13(11(15)14(16)19-9)18-8-10-6-4-3-5-7-10;1-11-14(15-2)13(8-9-16-11)17-10-12-6-4-3-5-7-12;1-9-2-4-10(5-3-9)20(16,17)19-8-12-13(15)11(14)6-7-18-12;1-10-13(14)12(7-8-15-10)16-9-11-5-3-2-4-6-11;7-3-5-6(9)4(8)1-2-10-5;1-4-6(8)5(7)2-3-9-4/h5-9,11-13,15-16H,10H2,1-4H3;4-8,10-11,13-16H,9H2,1-3H3;3-7,9,11-16H,8H2,1-2H3;3-9,11,13-14H,10H2,1-2H3;2-7,11-15H,8H2,1H3;2-8,10,12-14H,9H2,1H3;1-2,4-9H,3H2;2-8H,1H3/t11-,12?,13+,15+,16+;10-,11-,13-,14-,15?;9-,11-,12-,13-,14?;11-,13-,14-;11-,12-,13+;10-,12-,13-;4-,5-,6+;4-,5-,6-/m01111111/s1. The molecule has 8 aliphatic heterocycles. The van der Waals surface area contributed by atoms with Gasteiger partial charge < -0.3 is 137 Å². The van der Waals surface area contributed by atoms with Crippen LogP contribution in [0, 0.1) is 18.8 Å². The summed E-state index contributed by atoms with van der Waals surface area (Å²) in [7, 11) is 2.68. The number of hydrogen-bond acceptors (Lipinski definition) is 31. The molecule has 14 rings (SSSR count). The second-order valence-corrected chi connectivity index (χ2v) is 33.6. The fraction of sp³-hybridized carbons (Fsp3) is 0.526. The van der Waals surface area contributed by atoms with Crippen LogP contribution in [0.4, 0.5) is 0 Å². The third kappa shape index (κ3) is 34.8. The molecule has 0 radical (unpaired) electrons. The van der Waals surface area contributed by atoms with E-state index in [2.05, 4.69) is 32.9 Å². The lowest BCUT2D eigenvalue weighted by molar-refractivity contribution is -0.291. The molecule has 3 fully saturated rings. The Morgan fingerprint density at radius 1 is 0.310 bits per heavy atom. The van der Waals surface area contributed by atoms with Crippen molar-refractivity contribution in [3.8, 4) is 0 Å². The van der Waals surface area contributed by atoms with E-state index in [9.17, 15) is 39.1 Å². The fourth-order valence-corrected chi connectivity index (χ4v) is 15.2. The first-order valence-electron chi connectivity index (χ1n) is 43.2. The van der Waals surface area contributed by atoms with Crippen LogP contribution in [-0.4, -0.2) is 278 Å². The van der Waals surface area contributed by atoms with E-state index in [1.165, 1.54) is 61.8 Å². The molecule has 6 aromatic rings. The van der Waals surface area contributed by atoms with E-state index in [1.54, 1.807) is 65.9 Å². The SMILES string of the molecule is CO[C@@H]1[C@@H](C)OC=C[C@H]1OCc1ccccc1.CO[C@H]1[C@H](OCc2ccccc2)[C@@H](C)C(C)O[C@@H]1C.CO[C@H]1[C@H](OCc2ccccc2)[C@@H](C)C(O)O[C@@H]1C.CO[C@H]1[C@H](OCc2ccccc2)[C@@H](O)C(O)O[C@@H]1C.C[C@H]1OC=C[C@@H](O)[C@@H]1O.C[C@H]1OC=C[C@@H](OCc2ccccc2)[C@@H]1O.Cc1ccc(S(=O)(=O)OC[C@H]2OC=C[C@@H](O)[C@@H]2O)cc1.OC[C@H]1OC=C[C@@H](O)[C@@H]1O. The quantitative estimate of drug-likeness (QED) is 0.0252. The zero-order valence-electron chi connectivity index (χ0n) is 75.8. The molecule has 0 aliphatic carbocycles. The number of aliphatic hydroxyl groups is 11. The van der Waals surface area contributed by atoms with Crippen LogP contribution in [0.1, 0.15) is 95.7 Å². The molecule has 11 N–H and O–H groups in total. The lowest BCUT2D eigenvalue weighted by atomic mass is 9.89. The van der Waals surface area contributed by atoms with Gasteiger partial charge in [0.15, 0.2) is 18.7 Å². The van der Waals surface area contributed by atoms with Gasteiger partial charge in [0.1, 0.15) is 123 Å². The highest BCUT2D eigenvalue weighted by Gasteiger charge is 2.46. The van der Waals surface area contributed by atoms with Crippen molar-refractivity contribution in [2.45, 2.75) is 278 Å². The Balaban J connectivity index is 0.000000204. The van der Waals surface area contributed by atoms with E-state index in [-0.39, 0.29) is 109 Å². The molecule has 716 valence electrons. The summed E-state index contributed by atoms with van der Waals surface area (Å²) in [5.74, 6) is 0.203. The maximum atomic E-state index is 11.9. The Hall–Kier alpha value is -7.99. The highest BCUT2D eigenvalue weighted by Crippen LogP contribution is 2.33. The van der Waals surface area contributed by atoms with Crippen LogP contribution in [0.3, 0.4) is 0 Å². The molecule has 129 heavy (non-hydrogen) atoms. The lowest BCUT2D eigenvalue weighted by Crippen LogP contribution is -2.58. The summed E-state index contributed by atoms with van der Waals surface area (Å²) in [5, 5.41) is 103. The summed E-state index contributed by atoms with van der Waals surface area (Å²) in [6, 6.07) is 56.1. The predicted molar refractivity (Wildman–Crippen MR) is 476 cm³/mol. The molecule has 0 amide bonds. The molecule has 0 saturated carbocycles. The van der Waals surface area contributed by atoms with E-state index in [0.29, 0.717) is 39.0 Å². The molecular formula is C97H136O31S. The average Bonchev–Trinajstić information content (AvgIpc) is 0.819. The third-order valence-electron chi connectivity index (χ3n) is 22.4. The Morgan fingerprint density at radius 3 is 1.07 bits per heavy atom. The smallest absolute Gasteiger partial charge is 0.297 e. The van der Waals surface area contributed by atoms with Crippen molar-refractivity contribution in [3.05, 3.63) is 271 Å². The first-order valence-corrected chi connectivity index (χ1v) is 44.6. The summed E-state index contributed by atoms with van der Waals surface area (Å²) in [6.07, 6.45) is 1.15. The second-order valence-electron chi connectivity index (χ2n) is 32.0. The normalized spacial score (nSPS) is 32.9. The third-order valence-corrected chi connectivity index (χ3v) is 23.7. The number of methoxy groups -OCH3 is 4. The molecule has 0 aromatic heterocycles. The number of aliphatic hydroxyl groups excluding tert-OH is 11. The topological polar surface area (TPSA) is 423 Å². The van der Waals surface area contributed by atoms with Gasteiger partial charge in [-0.2, -0.15) is 8.42 Å². The van der Waals surface area contributed by atoms with Crippen LogP contribution in [0.25, 0.3) is 0 Å². The lowest BCUT2D eigenvalue weighted by Gasteiger charge is -2.43. The van der Waals surface area contributed by atoms with E-state index < -0.39 is 95.9 Å². The number of aryl methyl sites for hydroxylation is 1. The van der Waals surface area contributed by atoms with Crippen molar-refractivity contribution >= 4 is 10.1 Å². The number of ether oxygens (including phenoxy) is 17.